The van der Waals surface area contributed by atoms with Crippen LogP contribution < -0.4 is 4.74 Å². The minimum absolute atomic E-state index is 0.0204. The lowest BCUT2D eigenvalue weighted by Crippen LogP contribution is -2.52. The summed E-state index contributed by atoms with van der Waals surface area (Å²) in [5, 5.41) is 0. The van der Waals surface area contributed by atoms with Gasteiger partial charge in [0.15, 0.2) is 0 Å². The molecule has 0 saturated carbocycles. The standard InChI is InChI=1S/C26H33N3O3/c1-4-28(5-2)24(30)17-20-18-26(32-23-12-7-6-10-21(20)23)13-15-29(16-14-26)25(31)22-11-8-9-19(3)27-22/h6-12,20H,4-5,13-18H2,1-3H3/t20-/m1/s1. The van der Waals surface area contributed by atoms with Gasteiger partial charge in [0.2, 0.25) is 5.91 Å². The number of para-hydroxylation sites is 1. The topological polar surface area (TPSA) is 62.7 Å². The number of hydrogen-bond donors (Lipinski definition) is 0. The first-order chi connectivity index (χ1) is 15.4. The van der Waals surface area contributed by atoms with Gasteiger partial charge in [-0.25, -0.2) is 4.98 Å². The third-order valence-electron chi connectivity index (χ3n) is 6.91. The molecule has 32 heavy (non-hydrogen) atoms. The van der Waals surface area contributed by atoms with Crippen molar-refractivity contribution in [1.82, 2.24) is 14.8 Å². The molecule has 1 saturated heterocycles. The predicted molar refractivity (Wildman–Crippen MR) is 124 cm³/mol. The number of benzene rings is 1. The van der Waals surface area contributed by atoms with Gasteiger partial charge in [-0.2, -0.15) is 0 Å². The number of carbonyl (C=O) groups is 2. The van der Waals surface area contributed by atoms with Gasteiger partial charge in [-0.15, -0.1) is 0 Å². The molecule has 170 valence electrons. The molecule has 3 heterocycles. The summed E-state index contributed by atoms with van der Waals surface area (Å²) in [6.45, 7) is 8.67. The van der Waals surface area contributed by atoms with E-state index in [2.05, 4.69) is 11.1 Å². The summed E-state index contributed by atoms with van der Waals surface area (Å²) in [7, 11) is 0. The van der Waals surface area contributed by atoms with Crippen LogP contribution in [0.15, 0.2) is 42.5 Å². The number of hydrogen-bond acceptors (Lipinski definition) is 4. The Hall–Kier alpha value is -2.89. The molecule has 0 bridgehead atoms. The number of fused-ring (bicyclic) bond motifs is 1. The second-order valence-corrected chi connectivity index (χ2v) is 8.95. The average molecular weight is 436 g/mol. The van der Waals surface area contributed by atoms with E-state index in [9.17, 15) is 9.59 Å². The normalized spacial score (nSPS) is 19.2. The molecule has 2 aliphatic rings. The molecular formula is C26H33N3O3. The van der Waals surface area contributed by atoms with E-state index in [0.717, 1.165) is 49.4 Å². The van der Waals surface area contributed by atoms with Gasteiger partial charge in [0.1, 0.15) is 17.0 Å². The second-order valence-electron chi connectivity index (χ2n) is 8.95. The monoisotopic (exact) mass is 435 g/mol. The molecule has 6 heteroatoms. The van der Waals surface area contributed by atoms with Crippen molar-refractivity contribution in [3.8, 4) is 5.75 Å². The Bertz CT molecular complexity index is 978. The highest BCUT2D eigenvalue weighted by molar-refractivity contribution is 5.92. The Labute approximate surface area is 190 Å². The lowest BCUT2D eigenvalue weighted by Gasteiger charge is -2.47. The van der Waals surface area contributed by atoms with Crippen molar-refractivity contribution in [3.63, 3.8) is 0 Å². The highest BCUT2D eigenvalue weighted by Crippen LogP contribution is 2.46. The molecule has 1 aromatic carbocycles. The minimum Gasteiger partial charge on any atom is -0.487 e. The first-order valence-corrected chi connectivity index (χ1v) is 11.7. The van der Waals surface area contributed by atoms with E-state index >= 15 is 0 Å². The molecule has 0 unspecified atom stereocenters. The molecule has 6 nitrogen and oxygen atoms in total. The summed E-state index contributed by atoms with van der Waals surface area (Å²) in [4.78, 5) is 34.0. The molecule has 4 rings (SSSR count). The van der Waals surface area contributed by atoms with Gasteiger partial charge in [0, 0.05) is 57.1 Å². The largest absolute Gasteiger partial charge is 0.487 e. The Morgan fingerprint density at radius 3 is 2.50 bits per heavy atom. The second kappa shape index (κ2) is 9.31. The lowest BCUT2D eigenvalue weighted by molar-refractivity contribution is -0.131. The molecule has 1 aromatic heterocycles. The van der Waals surface area contributed by atoms with Crippen molar-refractivity contribution in [1.29, 1.82) is 0 Å². The van der Waals surface area contributed by atoms with E-state index in [-0.39, 0.29) is 23.3 Å². The van der Waals surface area contributed by atoms with Crippen molar-refractivity contribution < 1.29 is 14.3 Å². The third kappa shape index (κ3) is 4.50. The maximum atomic E-state index is 12.9. The van der Waals surface area contributed by atoms with Crippen molar-refractivity contribution >= 4 is 11.8 Å². The van der Waals surface area contributed by atoms with Crippen LogP contribution >= 0.6 is 0 Å². The van der Waals surface area contributed by atoms with Gasteiger partial charge < -0.3 is 14.5 Å². The highest BCUT2D eigenvalue weighted by atomic mass is 16.5. The van der Waals surface area contributed by atoms with E-state index < -0.39 is 0 Å². The molecule has 1 fully saturated rings. The van der Waals surface area contributed by atoms with Crippen LogP contribution in [-0.2, 0) is 4.79 Å². The highest BCUT2D eigenvalue weighted by Gasteiger charge is 2.44. The zero-order valence-corrected chi connectivity index (χ0v) is 19.3. The molecule has 2 aliphatic heterocycles. The SMILES string of the molecule is CCN(CC)C(=O)C[C@@H]1CC2(CCN(C(=O)c3cccc(C)n3)CC2)Oc2ccccc21. The Morgan fingerprint density at radius 2 is 1.81 bits per heavy atom. The van der Waals surface area contributed by atoms with Crippen molar-refractivity contribution in [2.45, 2.75) is 58.0 Å². The Morgan fingerprint density at radius 1 is 1.09 bits per heavy atom. The lowest BCUT2D eigenvalue weighted by atomic mass is 9.76. The van der Waals surface area contributed by atoms with Crippen molar-refractivity contribution in [2.75, 3.05) is 26.2 Å². The predicted octanol–water partition coefficient (Wildman–Crippen LogP) is 4.19. The maximum absolute atomic E-state index is 12.9. The van der Waals surface area contributed by atoms with Crippen molar-refractivity contribution in [2.24, 2.45) is 0 Å². The number of ether oxygens (including phenoxy) is 1. The van der Waals surface area contributed by atoms with Gasteiger partial charge in [0.25, 0.3) is 5.91 Å². The van der Waals surface area contributed by atoms with Crippen LogP contribution in [0, 0.1) is 6.92 Å². The van der Waals surface area contributed by atoms with E-state index in [0.29, 0.717) is 25.2 Å². The number of carbonyl (C=O) groups excluding carboxylic acids is 2. The molecule has 0 N–H and O–H groups in total. The quantitative estimate of drug-likeness (QED) is 0.707. The third-order valence-corrected chi connectivity index (χ3v) is 6.91. The fraction of sp³-hybridized carbons (Fsp3) is 0.500. The fourth-order valence-electron chi connectivity index (χ4n) is 5.09. The molecule has 2 amide bonds. The average Bonchev–Trinajstić information content (AvgIpc) is 2.80. The molecule has 0 radical (unpaired) electrons. The number of amides is 2. The number of aryl methyl sites for hydroxylation is 1. The van der Waals surface area contributed by atoms with Gasteiger partial charge in [-0.1, -0.05) is 24.3 Å². The summed E-state index contributed by atoms with van der Waals surface area (Å²) in [6, 6.07) is 13.7. The van der Waals surface area contributed by atoms with Gasteiger partial charge in [0.05, 0.1) is 0 Å². The zero-order chi connectivity index (χ0) is 22.7. The number of likely N-dealkylation sites (tertiary alicyclic amines) is 1. The first-order valence-electron chi connectivity index (χ1n) is 11.7. The summed E-state index contributed by atoms with van der Waals surface area (Å²) in [5.74, 6) is 1.20. The number of rotatable bonds is 5. The fourth-order valence-corrected chi connectivity index (χ4v) is 5.09. The van der Waals surface area contributed by atoms with Crippen LogP contribution in [-0.4, -0.2) is 58.4 Å². The summed E-state index contributed by atoms with van der Waals surface area (Å²) in [6.07, 6.45) is 2.82. The summed E-state index contributed by atoms with van der Waals surface area (Å²) >= 11 is 0. The molecule has 0 aliphatic carbocycles. The smallest absolute Gasteiger partial charge is 0.272 e. The number of pyridine rings is 1. The van der Waals surface area contributed by atoms with E-state index in [1.165, 1.54) is 0 Å². The van der Waals surface area contributed by atoms with Gasteiger partial charge >= 0.3 is 0 Å². The van der Waals surface area contributed by atoms with Gasteiger partial charge in [-0.3, -0.25) is 9.59 Å². The van der Waals surface area contributed by atoms with Crippen LogP contribution in [0.3, 0.4) is 0 Å². The summed E-state index contributed by atoms with van der Waals surface area (Å²) in [5.41, 5.74) is 2.14. The Kier molecular flexibility index (Phi) is 6.49. The number of piperidine rings is 1. The van der Waals surface area contributed by atoms with Crippen LogP contribution in [0.4, 0.5) is 0 Å². The first kappa shape index (κ1) is 22.3. The van der Waals surface area contributed by atoms with E-state index in [1.807, 2.05) is 60.9 Å². The number of nitrogens with zero attached hydrogens (tertiary/aromatic N) is 3. The van der Waals surface area contributed by atoms with Crippen LogP contribution in [0.2, 0.25) is 0 Å². The van der Waals surface area contributed by atoms with E-state index in [4.69, 9.17) is 4.74 Å². The zero-order valence-electron chi connectivity index (χ0n) is 19.3. The van der Waals surface area contributed by atoms with Crippen LogP contribution in [0.1, 0.15) is 67.2 Å². The maximum Gasteiger partial charge on any atom is 0.272 e. The molecule has 1 spiro atoms. The number of aromatic nitrogens is 1. The minimum atomic E-state index is -0.334. The van der Waals surface area contributed by atoms with Crippen molar-refractivity contribution in [3.05, 3.63) is 59.4 Å². The van der Waals surface area contributed by atoms with Crippen LogP contribution in [0.5, 0.6) is 5.75 Å². The molecular weight excluding hydrogens is 402 g/mol. The molecule has 1 atom stereocenters. The molecule has 2 aromatic rings. The summed E-state index contributed by atoms with van der Waals surface area (Å²) < 4.78 is 6.56. The Balaban J connectivity index is 1.49. The van der Waals surface area contributed by atoms with Gasteiger partial charge in [-0.05, 0) is 51.0 Å². The van der Waals surface area contributed by atoms with Crippen LogP contribution in [0.25, 0.3) is 0 Å². The van der Waals surface area contributed by atoms with E-state index in [1.54, 1.807) is 6.07 Å².